The first kappa shape index (κ1) is 28.5. The lowest BCUT2D eigenvalue weighted by molar-refractivity contribution is -0.115. The predicted octanol–water partition coefficient (Wildman–Crippen LogP) is 6.40. The van der Waals surface area contributed by atoms with E-state index < -0.39 is 22.9 Å². The molecule has 7 nitrogen and oxygen atoms in total. The van der Waals surface area contributed by atoms with Crippen LogP contribution in [0, 0.1) is 5.82 Å². The van der Waals surface area contributed by atoms with Crippen LogP contribution in [0.2, 0.25) is 5.02 Å². The number of carbonyl (C=O) groups excluding carboxylic acids is 3. The molecule has 0 aliphatic heterocycles. The van der Waals surface area contributed by atoms with Crippen molar-refractivity contribution in [3.8, 4) is 0 Å². The first-order chi connectivity index (χ1) is 19.3. The van der Waals surface area contributed by atoms with E-state index in [4.69, 9.17) is 11.6 Å². The van der Waals surface area contributed by atoms with Gasteiger partial charge in [0.25, 0.3) is 11.8 Å². The quantitative estimate of drug-likeness (QED) is 0.159. The fourth-order valence-electron chi connectivity index (χ4n) is 3.46. The van der Waals surface area contributed by atoms with Crippen molar-refractivity contribution in [2.24, 2.45) is 0 Å². The van der Waals surface area contributed by atoms with E-state index in [2.05, 4.69) is 20.9 Å². The number of halogens is 2. The maximum atomic E-state index is 13.4. The van der Waals surface area contributed by atoms with Gasteiger partial charge < -0.3 is 16.0 Å². The molecule has 0 aliphatic carbocycles. The molecule has 202 valence electrons. The smallest absolute Gasteiger partial charge is 0.272 e. The van der Waals surface area contributed by atoms with E-state index in [-0.39, 0.29) is 16.6 Å². The molecule has 0 saturated carbocycles. The number of anilines is 2. The molecule has 0 saturated heterocycles. The third-order valence-corrected chi connectivity index (χ3v) is 6.91. The second-order valence-corrected chi connectivity index (χ2v) is 10.3. The number of nitrogens with one attached hydrogen (secondary N) is 3. The lowest BCUT2D eigenvalue weighted by Crippen LogP contribution is -2.30. The van der Waals surface area contributed by atoms with Crippen molar-refractivity contribution < 1.29 is 18.8 Å². The Bertz CT molecular complexity index is 1530. The molecule has 1 unspecified atom stereocenters. The maximum absolute atomic E-state index is 13.4. The molecule has 4 aromatic rings. The van der Waals surface area contributed by atoms with Gasteiger partial charge in [-0.15, -0.1) is 11.8 Å². The highest BCUT2D eigenvalue weighted by Crippen LogP contribution is 2.27. The molecule has 40 heavy (non-hydrogen) atoms. The first-order valence-corrected chi connectivity index (χ1v) is 13.4. The van der Waals surface area contributed by atoms with Crippen LogP contribution in [0.1, 0.15) is 22.8 Å². The molecule has 0 fully saturated rings. The summed E-state index contributed by atoms with van der Waals surface area (Å²) in [6, 6.07) is 23.0. The van der Waals surface area contributed by atoms with Gasteiger partial charge in [0.1, 0.15) is 11.5 Å². The van der Waals surface area contributed by atoms with Gasteiger partial charge in [-0.1, -0.05) is 35.9 Å². The molecule has 4 rings (SSSR count). The van der Waals surface area contributed by atoms with Gasteiger partial charge in [0.15, 0.2) is 0 Å². The molecule has 0 aliphatic rings. The molecule has 3 amide bonds. The molecule has 3 aromatic carbocycles. The van der Waals surface area contributed by atoms with E-state index in [0.29, 0.717) is 22.5 Å². The van der Waals surface area contributed by atoms with Crippen LogP contribution in [-0.2, 0) is 9.59 Å². The van der Waals surface area contributed by atoms with E-state index in [0.717, 1.165) is 4.90 Å². The van der Waals surface area contributed by atoms with Crippen molar-refractivity contribution in [2.45, 2.75) is 17.1 Å². The SMILES string of the molecule is CC(Sc1ccc(NC(=O)/C(=C/c2cccnc2)NC(=O)c2ccccc2)cc1)C(=O)Nc1ccc(F)c(Cl)c1. The Hall–Kier alpha value is -4.47. The summed E-state index contributed by atoms with van der Waals surface area (Å²) in [4.78, 5) is 43.3. The number of rotatable bonds is 9. The van der Waals surface area contributed by atoms with E-state index in [9.17, 15) is 18.8 Å². The van der Waals surface area contributed by atoms with Crippen molar-refractivity contribution >= 4 is 58.5 Å². The first-order valence-electron chi connectivity index (χ1n) is 12.1. The maximum Gasteiger partial charge on any atom is 0.272 e. The van der Waals surface area contributed by atoms with Gasteiger partial charge >= 0.3 is 0 Å². The van der Waals surface area contributed by atoms with Gasteiger partial charge in [0.05, 0.1) is 10.3 Å². The summed E-state index contributed by atoms with van der Waals surface area (Å²) in [5, 5.41) is 7.65. The minimum absolute atomic E-state index is 0.0477. The number of aromatic nitrogens is 1. The van der Waals surface area contributed by atoms with Crippen LogP contribution in [0.4, 0.5) is 15.8 Å². The monoisotopic (exact) mass is 574 g/mol. The Kier molecular flexibility index (Phi) is 9.66. The third kappa shape index (κ3) is 8.02. The predicted molar refractivity (Wildman–Crippen MR) is 157 cm³/mol. The van der Waals surface area contributed by atoms with Crippen molar-refractivity contribution in [1.29, 1.82) is 0 Å². The fraction of sp³-hybridized carbons (Fsp3) is 0.0667. The number of hydrogen-bond donors (Lipinski definition) is 3. The lowest BCUT2D eigenvalue weighted by atomic mass is 10.2. The van der Waals surface area contributed by atoms with Gasteiger partial charge in [0.2, 0.25) is 5.91 Å². The van der Waals surface area contributed by atoms with Gasteiger partial charge in [-0.2, -0.15) is 0 Å². The van der Waals surface area contributed by atoms with Crippen LogP contribution < -0.4 is 16.0 Å². The molecule has 1 atom stereocenters. The average Bonchev–Trinajstić information content (AvgIpc) is 2.96. The second kappa shape index (κ2) is 13.5. The third-order valence-electron chi connectivity index (χ3n) is 5.51. The Balaban J connectivity index is 1.41. The fourth-order valence-corrected chi connectivity index (χ4v) is 4.51. The number of carbonyl (C=O) groups is 3. The summed E-state index contributed by atoms with van der Waals surface area (Å²) in [7, 11) is 0. The van der Waals surface area contributed by atoms with Gasteiger partial charge in [-0.05, 0) is 79.2 Å². The number of amides is 3. The molecular weight excluding hydrogens is 551 g/mol. The molecule has 1 heterocycles. The summed E-state index contributed by atoms with van der Waals surface area (Å²) in [6.45, 7) is 1.74. The van der Waals surface area contributed by atoms with E-state index >= 15 is 0 Å². The molecule has 10 heteroatoms. The van der Waals surface area contributed by atoms with Crippen LogP contribution >= 0.6 is 23.4 Å². The van der Waals surface area contributed by atoms with E-state index in [1.807, 2.05) is 0 Å². The zero-order valence-electron chi connectivity index (χ0n) is 21.2. The lowest BCUT2D eigenvalue weighted by Gasteiger charge is -2.14. The number of nitrogens with zero attached hydrogens (tertiary/aromatic N) is 1. The number of pyridine rings is 1. The van der Waals surface area contributed by atoms with Crippen molar-refractivity contribution in [1.82, 2.24) is 10.3 Å². The highest BCUT2D eigenvalue weighted by Gasteiger charge is 2.17. The minimum atomic E-state index is -0.562. The van der Waals surface area contributed by atoms with Crippen LogP contribution in [0.5, 0.6) is 0 Å². The summed E-state index contributed by atoms with van der Waals surface area (Å²) >= 11 is 7.09. The van der Waals surface area contributed by atoms with Crippen molar-refractivity contribution in [2.75, 3.05) is 10.6 Å². The van der Waals surface area contributed by atoms with Gasteiger partial charge in [-0.25, -0.2) is 4.39 Å². The molecule has 0 spiro atoms. The van der Waals surface area contributed by atoms with Crippen LogP contribution in [0.3, 0.4) is 0 Å². The minimum Gasteiger partial charge on any atom is -0.325 e. The highest BCUT2D eigenvalue weighted by atomic mass is 35.5. The largest absolute Gasteiger partial charge is 0.325 e. The van der Waals surface area contributed by atoms with Crippen LogP contribution in [0.15, 0.2) is 108 Å². The zero-order chi connectivity index (χ0) is 28.5. The molecule has 0 bridgehead atoms. The van der Waals surface area contributed by atoms with E-state index in [1.54, 1.807) is 92.1 Å². The van der Waals surface area contributed by atoms with Gasteiger partial charge in [-0.3, -0.25) is 19.4 Å². The summed E-state index contributed by atoms with van der Waals surface area (Å²) < 4.78 is 13.4. The topological polar surface area (TPSA) is 100 Å². The Morgan fingerprint density at radius 3 is 2.33 bits per heavy atom. The summed E-state index contributed by atoms with van der Waals surface area (Å²) in [5.74, 6) is -1.77. The second-order valence-electron chi connectivity index (χ2n) is 8.52. The standard InChI is InChI=1S/C30H24ClFN4O3S/c1-19(28(37)35-23-11-14-26(32)25(31)17-23)40-24-12-9-22(10-13-24)34-30(39)27(16-20-6-5-15-33-18-20)36-29(38)21-7-3-2-4-8-21/h2-19H,1H3,(H,34,39)(H,35,37)(H,36,38)/b27-16-. The highest BCUT2D eigenvalue weighted by molar-refractivity contribution is 8.00. The molecule has 0 radical (unpaired) electrons. The summed E-state index contributed by atoms with van der Waals surface area (Å²) in [6.07, 6.45) is 4.74. The van der Waals surface area contributed by atoms with Crippen molar-refractivity contribution in [3.63, 3.8) is 0 Å². The number of hydrogen-bond acceptors (Lipinski definition) is 5. The number of thioether (sulfide) groups is 1. The molecular formula is C30H24ClFN4O3S. The van der Waals surface area contributed by atoms with Gasteiger partial charge in [0, 0.05) is 34.2 Å². The van der Waals surface area contributed by atoms with Crippen LogP contribution in [-0.4, -0.2) is 28.0 Å². The Morgan fingerprint density at radius 1 is 0.925 bits per heavy atom. The summed E-state index contributed by atoms with van der Waals surface area (Å²) in [5.41, 5.74) is 2.00. The van der Waals surface area contributed by atoms with Crippen LogP contribution in [0.25, 0.3) is 6.08 Å². The van der Waals surface area contributed by atoms with E-state index in [1.165, 1.54) is 30.0 Å². The average molecular weight is 575 g/mol. The number of benzene rings is 3. The Labute approximate surface area is 239 Å². The molecule has 3 N–H and O–H groups in total. The molecule has 1 aromatic heterocycles. The normalized spacial score (nSPS) is 11.8. The zero-order valence-corrected chi connectivity index (χ0v) is 22.8. The Morgan fingerprint density at radius 2 is 1.65 bits per heavy atom. The van der Waals surface area contributed by atoms with Crippen molar-refractivity contribution in [3.05, 3.63) is 125 Å².